The fraction of sp³-hybridized carbons (Fsp3) is 0.280. The molecule has 7 heteroatoms. The van der Waals surface area contributed by atoms with Crippen LogP contribution in [0.2, 0.25) is 0 Å². The van der Waals surface area contributed by atoms with E-state index < -0.39 is 17.7 Å². The maximum absolute atomic E-state index is 13.0. The number of methoxy groups -OCH3 is 1. The van der Waals surface area contributed by atoms with Crippen molar-refractivity contribution < 1.29 is 28.9 Å². The Bertz CT molecular complexity index is 1010. The number of Topliss-reactive ketones (excluding diaryl/α,β-unsaturated/α-hetero) is 1. The van der Waals surface area contributed by atoms with Gasteiger partial charge in [-0.2, -0.15) is 0 Å². The summed E-state index contributed by atoms with van der Waals surface area (Å²) in [6, 6.07) is 13.1. The van der Waals surface area contributed by atoms with E-state index in [1.54, 1.807) is 48.5 Å². The minimum absolute atomic E-state index is 0.0273. The van der Waals surface area contributed by atoms with Crippen molar-refractivity contribution in [2.75, 3.05) is 33.5 Å². The molecular weight excluding hydrogens is 410 g/mol. The van der Waals surface area contributed by atoms with E-state index in [0.717, 1.165) is 0 Å². The normalized spacial score (nSPS) is 17.4. The highest BCUT2D eigenvalue weighted by Gasteiger charge is 2.46. The van der Waals surface area contributed by atoms with Gasteiger partial charge in [0.1, 0.15) is 12.4 Å². The van der Waals surface area contributed by atoms with Crippen LogP contribution in [0.5, 0.6) is 11.5 Å². The molecule has 2 aromatic rings. The number of aliphatic hydroxyl groups excluding tert-OH is 1. The van der Waals surface area contributed by atoms with Gasteiger partial charge in [0.2, 0.25) is 0 Å². The van der Waals surface area contributed by atoms with Crippen molar-refractivity contribution >= 4 is 17.4 Å². The van der Waals surface area contributed by atoms with Crippen LogP contribution in [0.3, 0.4) is 0 Å². The fourth-order valence-electron chi connectivity index (χ4n) is 3.63. The van der Waals surface area contributed by atoms with Gasteiger partial charge in [-0.1, -0.05) is 49.1 Å². The number of hydrogen-bond acceptors (Lipinski definition) is 6. The van der Waals surface area contributed by atoms with Gasteiger partial charge in [0, 0.05) is 19.2 Å². The van der Waals surface area contributed by atoms with Gasteiger partial charge in [-0.15, -0.1) is 0 Å². The summed E-state index contributed by atoms with van der Waals surface area (Å²) in [5.74, 6) is -0.651. The molecule has 32 heavy (non-hydrogen) atoms. The Kier molecular flexibility index (Phi) is 7.68. The van der Waals surface area contributed by atoms with Crippen LogP contribution in [0.15, 0.2) is 66.8 Å². The molecule has 3 rings (SSSR count). The lowest BCUT2D eigenvalue weighted by molar-refractivity contribution is -0.140. The van der Waals surface area contributed by atoms with Crippen LogP contribution in [0.4, 0.5) is 0 Å². The number of ketones is 1. The fourth-order valence-corrected chi connectivity index (χ4v) is 3.63. The molecule has 2 aromatic carbocycles. The van der Waals surface area contributed by atoms with Gasteiger partial charge in [0.05, 0.1) is 24.8 Å². The number of rotatable bonds is 10. The standard InChI is InChI=1S/C25H27NO6/c1-4-14-32-19-12-11-18(16-20(19)31-5-2)22-21(23(27)17-9-7-6-8-10-17)24(28)25(29)26(22)13-15-30-3/h4,6-12,16,22,27H,1,5,13-15H2,2-3H3. The van der Waals surface area contributed by atoms with Gasteiger partial charge in [-0.05, 0) is 24.6 Å². The summed E-state index contributed by atoms with van der Waals surface area (Å²) in [6.07, 6.45) is 1.63. The molecule has 1 unspecified atom stereocenters. The minimum atomic E-state index is -0.794. The zero-order valence-electron chi connectivity index (χ0n) is 18.2. The van der Waals surface area contributed by atoms with Crippen LogP contribution in [0.1, 0.15) is 24.1 Å². The van der Waals surface area contributed by atoms with Crippen LogP contribution < -0.4 is 9.47 Å². The zero-order chi connectivity index (χ0) is 23.1. The van der Waals surface area contributed by atoms with Crippen molar-refractivity contribution in [1.82, 2.24) is 4.90 Å². The van der Waals surface area contributed by atoms with Crippen LogP contribution in [-0.4, -0.2) is 55.2 Å². The third kappa shape index (κ3) is 4.68. The first kappa shape index (κ1) is 23.1. The lowest BCUT2D eigenvalue weighted by atomic mass is 9.95. The molecule has 1 atom stereocenters. The summed E-state index contributed by atoms with van der Waals surface area (Å²) < 4.78 is 16.5. The Hall–Kier alpha value is -3.58. The number of ether oxygens (including phenoxy) is 3. The molecule has 1 amide bonds. The molecule has 7 nitrogen and oxygen atoms in total. The summed E-state index contributed by atoms with van der Waals surface area (Å²) in [4.78, 5) is 27.3. The van der Waals surface area contributed by atoms with E-state index in [1.165, 1.54) is 12.0 Å². The van der Waals surface area contributed by atoms with E-state index in [1.807, 2.05) is 13.0 Å². The second-order valence-corrected chi connectivity index (χ2v) is 7.09. The van der Waals surface area contributed by atoms with Gasteiger partial charge in [-0.3, -0.25) is 9.59 Å². The molecule has 1 aliphatic heterocycles. The first-order valence-electron chi connectivity index (χ1n) is 10.4. The van der Waals surface area contributed by atoms with E-state index in [9.17, 15) is 14.7 Å². The highest BCUT2D eigenvalue weighted by atomic mass is 16.5. The Labute approximate surface area is 187 Å². The number of aliphatic hydroxyl groups is 1. The molecule has 0 saturated carbocycles. The van der Waals surface area contributed by atoms with E-state index in [0.29, 0.717) is 35.8 Å². The number of likely N-dealkylation sites (tertiary alicyclic amines) is 1. The number of benzene rings is 2. The molecule has 1 saturated heterocycles. The predicted octanol–water partition coefficient (Wildman–Crippen LogP) is 3.72. The SMILES string of the molecule is C=CCOc1ccc(C2C(=C(O)c3ccccc3)C(=O)C(=O)N2CCOC)cc1OCC. The predicted molar refractivity (Wildman–Crippen MR) is 121 cm³/mol. The maximum Gasteiger partial charge on any atom is 0.295 e. The number of carbonyl (C=O) groups excluding carboxylic acids is 2. The molecule has 1 N–H and O–H groups in total. The Balaban J connectivity index is 2.15. The van der Waals surface area contributed by atoms with Crippen molar-refractivity contribution in [3.63, 3.8) is 0 Å². The average molecular weight is 437 g/mol. The van der Waals surface area contributed by atoms with Crippen molar-refractivity contribution in [2.45, 2.75) is 13.0 Å². The van der Waals surface area contributed by atoms with Crippen LogP contribution in [-0.2, 0) is 14.3 Å². The lowest BCUT2D eigenvalue weighted by Gasteiger charge is -2.26. The van der Waals surface area contributed by atoms with Crippen molar-refractivity contribution in [3.05, 3.63) is 77.9 Å². The summed E-state index contributed by atoms with van der Waals surface area (Å²) in [6.45, 7) is 6.65. The quantitative estimate of drug-likeness (QED) is 0.264. The second kappa shape index (κ2) is 10.6. The van der Waals surface area contributed by atoms with Gasteiger partial charge < -0.3 is 24.2 Å². The van der Waals surface area contributed by atoms with Crippen molar-refractivity contribution in [2.24, 2.45) is 0 Å². The van der Waals surface area contributed by atoms with E-state index in [-0.39, 0.29) is 24.5 Å². The highest BCUT2D eigenvalue weighted by Crippen LogP contribution is 2.41. The lowest BCUT2D eigenvalue weighted by Crippen LogP contribution is -2.32. The van der Waals surface area contributed by atoms with E-state index in [2.05, 4.69) is 6.58 Å². The number of nitrogens with zero attached hydrogens (tertiary/aromatic N) is 1. The third-order valence-corrected chi connectivity index (χ3v) is 5.06. The molecule has 1 fully saturated rings. The smallest absolute Gasteiger partial charge is 0.295 e. The summed E-state index contributed by atoms with van der Waals surface area (Å²) >= 11 is 0. The van der Waals surface area contributed by atoms with Crippen LogP contribution >= 0.6 is 0 Å². The van der Waals surface area contributed by atoms with Gasteiger partial charge >= 0.3 is 0 Å². The van der Waals surface area contributed by atoms with Crippen molar-refractivity contribution in [1.29, 1.82) is 0 Å². The van der Waals surface area contributed by atoms with Crippen LogP contribution in [0.25, 0.3) is 5.76 Å². The zero-order valence-corrected chi connectivity index (χ0v) is 18.2. The molecule has 168 valence electrons. The Morgan fingerprint density at radius 3 is 2.53 bits per heavy atom. The number of carbonyl (C=O) groups is 2. The van der Waals surface area contributed by atoms with Crippen LogP contribution in [0, 0.1) is 0 Å². The summed E-state index contributed by atoms with van der Waals surface area (Å²) in [5, 5.41) is 11.0. The maximum atomic E-state index is 13.0. The summed E-state index contributed by atoms with van der Waals surface area (Å²) in [7, 11) is 1.52. The second-order valence-electron chi connectivity index (χ2n) is 7.09. The van der Waals surface area contributed by atoms with Gasteiger partial charge in [0.25, 0.3) is 11.7 Å². The molecular formula is C25H27NO6. The average Bonchev–Trinajstić information content (AvgIpc) is 3.07. The molecule has 1 aliphatic rings. The molecule has 0 aliphatic carbocycles. The first-order chi connectivity index (χ1) is 15.5. The first-order valence-corrected chi connectivity index (χ1v) is 10.4. The molecule has 0 bridgehead atoms. The Morgan fingerprint density at radius 1 is 1.12 bits per heavy atom. The van der Waals surface area contributed by atoms with Crippen molar-refractivity contribution in [3.8, 4) is 11.5 Å². The van der Waals surface area contributed by atoms with E-state index in [4.69, 9.17) is 14.2 Å². The largest absolute Gasteiger partial charge is 0.507 e. The molecule has 1 heterocycles. The molecule has 0 aromatic heterocycles. The topological polar surface area (TPSA) is 85.3 Å². The number of hydrogen-bond donors (Lipinski definition) is 1. The minimum Gasteiger partial charge on any atom is -0.507 e. The molecule has 0 spiro atoms. The van der Waals surface area contributed by atoms with Gasteiger partial charge in [0.15, 0.2) is 11.5 Å². The monoisotopic (exact) mass is 437 g/mol. The third-order valence-electron chi connectivity index (χ3n) is 5.06. The molecule has 0 radical (unpaired) electrons. The number of amides is 1. The van der Waals surface area contributed by atoms with E-state index >= 15 is 0 Å². The summed E-state index contributed by atoms with van der Waals surface area (Å²) in [5.41, 5.74) is 1.10. The van der Waals surface area contributed by atoms with Gasteiger partial charge in [-0.25, -0.2) is 0 Å². The Morgan fingerprint density at radius 2 is 1.88 bits per heavy atom. The highest BCUT2D eigenvalue weighted by molar-refractivity contribution is 6.46.